The Morgan fingerprint density at radius 3 is 2.52 bits per heavy atom. The molecule has 0 spiro atoms. The fourth-order valence-corrected chi connectivity index (χ4v) is 2.64. The summed E-state index contributed by atoms with van der Waals surface area (Å²) in [7, 11) is 0. The highest BCUT2D eigenvalue weighted by Crippen LogP contribution is 2.28. The minimum Gasteiger partial charge on any atom is -0.489 e. The molecule has 0 aromatic heterocycles. The van der Waals surface area contributed by atoms with Crippen molar-refractivity contribution >= 4 is 0 Å². The van der Waals surface area contributed by atoms with E-state index < -0.39 is 0 Å². The van der Waals surface area contributed by atoms with E-state index in [0.717, 1.165) is 30.8 Å². The Hall–Kier alpha value is -1.84. The van der Waals surface area contributed by atoms with Crippen LogP contribution in [-0.2, 0) is 11.3 Å². The molecule has 1 aliphatic heterocycles. The predicted molar refractivity (Wildman–Crippen MR) is 83.1 cm³/mol. The minimum absolute atomic E-state index is 0.0157. The van der Waals surface area contributed by atoms with Crippen LogP contribution in [0, 0.1) is 0 Å². The highest BCUT2D eigenvalue weighted by Gasteiger charge is 2.23. The van der Waals surface area contributed by atoms with Gasteiger partial charge in [0.1, 0.15) is 12.4 Å². The van der Waals surface area contributed by atoms with Crippen molar-refractivity contribution in [3.63, 3.8) is 0 Å². The van der Waals surface area contributed by atoms with Gasteiger partial charge in [-0.2, -0.15) is 0 Å². The summed E-state index contributed by atoms with van der Waals surface area (Å²) in [6.07, 6.45) is 2.09. The van der Waals surface area contributed by atoms with Crippen LogP contribution in [0.15, 0.2) is 54.6 Å². The van der Waals surface area contributed by atoms with Crippen molar-refractivity contribution in [3.05, 3.63) is 65.7 Å². The number of benzene rings is 2. The maximum atomic E-state index is 6.13. The smallest absolute Gasteiger partial charge is 0.119 e. The zero-order valence-electron chi connectivity index (χ0n) is 12.1. The summed E-state index contributed by atoms with van der Waals surface area (Å²) in [5.74, 6) is 0.868. The molecule has 0 saturated carbocycles. The molecule has 2 unspecified atom stereocenters. The van der Waals surface area contributed by atoms with Crippen molar-refractivity contribution in [1.29, 1.82) is 0 Å². The van der Waals surface area contributed by atoms with E-state index >= 15 is 0 Å². The van der Waals surface area contributed by atoms with Crippen molar-refractivity contribution in [2.45, 2.75) is 31.6 Å². The molecule has 1 heterocycles. The van der Waals surface area contributed by atoms with Crippen LogP contribution in [0.4, 0.5) is 0 Å². The first-order valence-electron chi connectivity index (χ1n) is 7.47. The molecule has 1 aliphatic rings. The lowest BCUT2D eigenvalue weighted by molar-refractivity contribution is 0.000119. The van der Waals surface area contributed by atoms with Gasteiger partial charge in [0.2, 0.25) is 0 Å². The third kappa shape index (κ3) is 3.63. The van der Waals surface area contributed by atoms with Gasteiger partial charge < -0.3 is 15.2 Å². The number of nitrogens with two attached hydrogens (primary N) is 1. The molecule has 2 atom stereocenters. The zero-order chi connectivity index (χ0) is 14.5. The van der Waals surface area contributed by atoms with E-state index in [2.05, 4.69) is 24.3 Å². The number of hydrogen-bond donors (Lipinski definition) is 1. The van der Waals surface area contributed by atoms with Gasteiger partial charge in [0.25, 0.3) is 0 Å². The van der Waals surface area contributed by atoms with Crippen molar-refractivity contribution in [2.24, 2.45) is 5.73 Å². The second kappa shape index (κ2) is 6.74. The SMILES string of the molecule is NC1CCCOC1c1ccc(OCc2ccccc2)cc1. The topological polar surface area (TPSA) is 44.5 Å². The summed E-state index contributed by atoms with van der Waals surface area (Å²) in [5, 5.41) is 0. The van der Waals surface area contributed by atoms with Gasteiger partial charge in [-0.15, -0.1) is 0 Å². The largest absolute Gasteiger partial charge is 0.489 e. The molecule has 1 fully saturated rings. The van der Waals surface area contributed by atoms with Crippen LogP contribution in [0.2, 0.25) is 0 Å². The molecule has 21 heavy (non-hydrogen) atoms. The van der Waals surface area contributed by atoms with E-state index in [4.69, 9.17) is 15.2 Å². The van der Waals surface area contributed by atoms with Crippen molar-refractivity contribution in [1.82, 2.24) is 0 Å². The first kappa shape index (κ1) is 14.1. The molecule has 0 bridgehead atoms. The number of ether oxygens (including phenoxy) is 2. The van der Waals surface area contributed by atoms with Crippen LogP contribution in [0.1, 0.15) is 30.1 Å². The van der Waals surface area contributed by atoms with Crippen LogP contribution >= 0.6 is 0 Å². The molecule has 1 saturated heterocycles. The monoisotopic (exact) mass is 283 g/mol. The summed E-state index contributed by atoms with van der Waals surface area (Å²) >= 11 is 0. The minimum atomic E-state index is 0.0157. The third-order valence-corrected chi connectivity index (χ3v) is 3.83. The van der Waals surface area contributed by atoms with Gasteiger partial charge in [0, 0.05) is 12.6 Å². The van der Waals surface area contributed by atoms with Crippen molar-refractivity contribution in [2.75, 3.05) is 6.61 Å². The Bertz CT molecular complexity index is 553. The zero-order valence-corrected chi connectivity index (χ0v) is 12.1. The molecule has 110 valence electrons. The highest BCUT2D eigenvalue weighted by atomic mass is 16.5. The van der Waals surface area contributed by atoms with Crippen LogP contribution in [0.3, 0.4) is 0 Å². The molecule has 0 radical (unpaired) electrons. The first-order chi connectivity index (χ1) is 10.3. The normalized spacial score (nSPS) is 22.0. The molecule has 2 aromatic carbocycles. The Morgan fingerprint density at radius 1 is 1.05 bits per heavy atom. The van der Waals surface area contributed by atoms with Gasteiger partial charge in [-0.05, 0) is 36.1 Å². The molecule has 3 heteroatoms. The van der Waals surface area contributed by atoms with E-state index in [-0.39, 0.29) is 12.1 Å². The lowest BCUT2D eigenvalue weighted by Gasteiger charge is -2.29. The fraction of sp³-hybridized carbons (Fsp3) is 0.333. The molecule has 2 N–H and O–H groups in total. The Morgan fingerprint density at radius 2 is 1.81 bits per heavy atom. The summed E-state index contributed by atoms with van der Waals surface area (Å²) in [6.45, 7) is 1.38. The van der Waals surface area contributed by atoms with E-state index in [1.807, 2.05) is 30.3 Å². The quantitative estimate of drug-likeness (QED) is 0.934. The average Bonchev–Trinajstić information content (AvgIpc) is 2.55. The maximum absolute atomic E-state index is 6.13. The van der Waals surface area contributed by atoms with Crippen LogP contribution in [0.5, 0.6) is 5.75 Å². The summed E-state index contributed by atoms with van der Waals surface area (Å²) < 4.78 is 11.6. The van der Waals surface area contributed by atoms with Crippen LogP contribution in [-0.4, -0.2) is 12.6 Å². The number of hydrogen-bond acceptors (Lipinski definition) is 3. The van der Waals surface area contributed by atoms with Crippen LogP contribution < -0.4 is 10.5 Å². The molecule has 3 nitrogen and oxygen atoms in total. The Balaban J connectivity index is 1.61. The van der Waals surface area contributed by atoms with Crippen LogP contribution in [0.25, 0.3) is 0 Å². The van der Waals surface area contributed by atoms with Crippen molar-refractivity contribution in [3.8, 4) is 5.75 Å². The fourth-order valence-electron chi connectivity index (χ4n) is 2.64. The van der Waals surface area contributed by atoms with Gasteiger partial charge in [-0.25, -0.2) is 0 Å². The predicted octanol–water partition coefficient (Wildman–Crippen LogP) is 3.44. The molecule has 2 aromatic rings. The molecular formula is C18H21NO2. The lowest BCUT2D eigenvalue weighted by Crippen LogP contribution is -2.34. The molecular weight excluding hydrogens is 262 g/mol. The van der Waals surface area contributed by atoms with Gasteiger partial charge in [-0.1, -0.05) is 42.5 Å². The second-order valence-electron chi connectivity index (χ2n) is 5.44. The van der Waals surface area contributed by atoms with Gasteiger partial charge in [0.15, 0.2) is 0 Å². The van der Waals surface area contributed by atoms with E-state index in [1.165, 1.54) is 5.56 Å². The third-order valence-electron chi connectivity index (χ3n) is 3.83. The van der Waals surface area contributed by atoms with E-state index in [0.29, 0.717) is 6.61 Å². The maximum Gasteiger partial charge on any atom is 0.119 e. The Kier molecular flexibility index (Phi) is 4.53. The van der Waals surface area contributed by atoms with E-state index in [9.17, 15) is 0 Å². The summed E-state index contributed by atoms with van der Waals surface area (Å²) in [5.41, 5.74) is 8.43. The van der Waals surface area contributed by atoms with Crippen molar-refractivity contribution < 1.29 is 9.47 Å². The molecule has 0 aliphatic carbocycles. The summed E-state index contributed by atoms with van der Waals surface area (Å²) in [4.78, 5) is 0. The van der Waals surface area contributed by atoms with Gasteiger partial charge >= 0.3 is 0 Å². The Labute approximate surface area is 125 Å². The number of rotatable bonds is 4. The lowest BCUT2D eigenvalue weighted by atomic mass is 9.97. The average molecular weight is 283 g/mol. The molecule has 3 rings (SSSR count). The summed E-state index contributed by atoms with van der Waals surface area (Å²) in [6, 6.07) is 18.3. The van der Waals surface area contributed by atoms with E-state index in [1.54, 1.807) is 0 Å². The first-order valence-corrected chi connectivity index (χ1v) is 7.47. The molecule has 0 amide bonds. The van der Waals surface area contributed by atoms with Gasteiger partial charge in [0.05, 0.1) is 6.10 Å². The second-order valence-corrected chi connectivity index (χ2v) is 5.44. The standard InChI is InChI=1S/C18H21NO2/c19-17-7-4-12-20-18(17)15-8-10-16(11-9-15)21-13-14-5-2-1-3-6-14/h1-3,5-6,8-11,17-18H,4,7,12-13,19H2. The highest BCUT2D eigenvalue weighted by molar-refractivity contribution is 5.30. The van der Waals surface area contributed by atoms with Gasteiger partial charge in [-0.3, -0.25) is 0 Å².